The SMILES string of the molecule is CSc1nc2nnc(C(=O)c3ccc(F)cc3)c(C)n2n1. The molecule has 0 bridgehead atoms. The lowest BCUT2D eigenvalue weighted by Gasteiger charge is -2.04. The van der Waals surface area contributed by atoms with E-state index in [1.165, 1.54) is 40.5 Å². The normalized spacial score (nSPS) is 11.0. The molecule has 2 aromatic heterocycles. The van der Waals surface area contributed by atoms with E-state index in [1.807, 2.05) is 6.26 Å². The van der Waals surface area contributed by atoms with Crippen LogP contribution in [0.2, 0.25) is 0 Å². The minimum absolute atomic E-state index is 0.173. The number of thioether (sulfide) groups is 1. The van der Waals surface area contributed by atoms with Crippen LogP contribution in [0.1, 0.15) is 21.7 Å². The molecule has 6 nitrogen and oxygen atoms in total. The lowest BCUT2D eigenvalue weighted by Crippen LogP contribution is -2.12. The number of benzene rings is 1. The van der Waals surface area contributed by atoms with E-state index in [2.05, 4.69) is 20.3 Å². The van der Waals surface area contributed by atoms with Crippen molar-refractivity contribution < 1.29 is 9.18 Å². The zero-order valence-electron chi connectivity index (χ0n) is 11.2. The van der Waals surface area contributed by atoms with Gasteiger partial charge in [0.05, 0.1) is 5.69 Å². The smallest absolute Gasteiger partial charge is 0.272 e. The molecule has 8 heteroatoms. The summed E-state index contributed by atoms with van der Waals surface area (Å²) in [6.45, 7) is 1.72. The van der Waals surface area contributed by atoms with Gasteiger partial charge in [-0.05, 0) is 37.4 Å². The topological polar surface area (TPSA) is 73.0 Å². The van der Waals surface area contributed by atoms with Crippen LogP contribution in [0.4, 0.5) is 4.39 Å². The summed E-state index contributed by atoms with van der Waals surface area (Å²) in [6.07, 6.45) is 1.85. The van der Waals surface area contributed by atoms with Gasteiger partial charge in [-0.2, -0.15) is 9.50 Å². The van der Waals surface area contributed by atoms with Gasteiger partial charge in [0.2, 0.25) is 10.9 Å². The first-order valence-electron chi connectivity index (χ1n) is 6.04. The van der Waals surface area contributed by atoms with E-state index in [-0.39, 0.29) is 11.5 Å². The predicted octanol–water partition coefficient (Wildman–Crippen LogP) is 1.92. The molecule has 0 aliphatic rings. The van der Waals surface area contributed by atoms with Gasteiger partial charge in [-0.15, -0.1) is 15.3 Å². The fourth-order valence-electron chi connectivity index (χ4n) is 1.88. The largest absolute Gasteiger partial charge is 0.287 e. The molecular weight excluding hydrogens is 293 g/mol. The predicted molar refractivity (Wildman–Crippen MR) is 74.9 cm³/mol. The fraction of sp³-hybridized carbons (Fsp3) is 0.154. The van der Waals surface area contributed by atoms with Crippen LogP contribution in [0, 0.1) is 12.7 Å². The summed E-state index contributed by atoms with van der Waals surface area (Å²) in [6, 6.07) is 5.29. The summed E-state index contributed by atoms with van der Waals surface area (Å²) < 4.78 is 14.4. The zero-order valence-corrected chi connectivity index (χ0v) is 12.1. The molecule has 3 rings (SSSR count). The van der Waals surface area contributed by atoms with Crippen molar-refractivity contribution in [1.29, 1.82) is 0 Å². The van der Waals surface area contributed by atoms with Crippen LogP contribution in [-0.2, 0) is 0 Å². The van der Waals surface area contributed by atoms with Gasteiger partial charge >= 0.3 is 0 Å². The first-order chi connectivity index (χ1) is 10.1. The van der Waals surface area contributed by atoms with Crippen molar-refractivity contribution in [3.8, 4) is 0 Å². The summed E-state index contributed by atoms with van der Waals surface area (Å²) in [5.74, 6) is -0.388. The van der Waals surface area contributed by atoms with E-state index >= 15 is 0 Å². The summed E-state index contributed by atoms with van der Waals surface area (Å²) >= 11 is 1.38. The van der Waals surface area contributed by atoms with Gasteiger partial charge in [0, 0.05) is 5.56 Å². The van der Waals surface area contributed by atoms with Crippen LogP contribution in [0.3, 0.4) is 0 Å². The van der Waals surface area contributed by atoms with Crippen molar-refractivity contribution in [3.63, 3.8) is 0 Å². The molecule has 21 heavy (non-hydrogen) atoms. The Morgan fingerprint density at radius 1 is 1.24 bits per heavy atom. The third kappa shape index (κ3) is 2.38. The summed E-state index contributed by atoms with van der Waals surface area (Å²) in [7, 11) is 0. The Bertz CT molecular complexity index is 830. The second-order valence-electron chi connectivity index (χ2n) is 4.28. The molecule has 0 unspecified atom stereocenters. The number of aryl methyl sites for hydroxylation is 1. The van der Waals surface area contributed by atoms with E-state index in [9.17, 15) is 9.18 Å². The van der Waals surface area contributed by atoms with Crippen molar-refractivity contribution >= 4 is 23.3 Å². The molecule has 1 aromatic carbocycles. The number of ketones is 1. The minimum atomic E-state index is -0.398. The van der Waals surface area contributed by atoms with Gasteiger partial charge < -0.3 is 0 Å². The second kappa shape index (κ2) is 5.21. The van der Waals surface area contributed by atoms with E-state index < -0.39 is 5.82 Å². The highest BCUT2D eigenvalue weighted by molar-refractivity contribution is 7.98. The molecule has 0 amide bonds. The van der Waals surface area contributed by atoms with Crippen molar-refractivity contribution in [1.82, 2.24) is 24.8 Å². The second-order valence-corrected chi connectivity index (χ2v) is 5.05. The van der Waals surface area contributed by atoms with Gasteiger partial charge in [0.25, 0.3) is 5.78 Å². The van der Waals surface area contributed by atoms with Crippen molar-refractivity contribution in [2.75, 3.05) is 6.26 Å². The Labute approximate surface area is 123 Å². The average molecular weight is 303 g/mol. The van der Waals surface area contributed by atoms with Crippen LogP contribution in [0.5, 0.6) is 0 Å². The molecule has 3 aromatic rings. The number of rotatable bonds is 3. The van der Waals surface area contributed by atoms with Gasteiger partial charge in [-0.25, -0.2) is 4.39 Å². The number of aromatic nitrogens is 5. The number of nitrogens with zero attached hydrogens (tertiary/aromatic N) is 5. The first-order valence-corrected chi connectivity index (χ1v) is 7.27. The summed E-state index contributed by atoms with van der Waals surface area (Å²) in [4.78, 5) is 16.6. The van der Waals surface area contributed by atoms with E-state index in [0.29, 0.717) is 22.2 Å². The summed E-state index contributed by atoms with van der Waals surface area (Å²) in [5.41, 5.74) is 1.06. The Kier molecular flexibility index (Phi) is 3.38. The van der Waals surface area contributed by atoms with Crippen LogP contribution in [-0.4, -0.2) is 36.8 Å². The number of hydrogen-bond donors (Lipinski definition) is 0. The van der Waals surface area contributed by atoms with E-state index in [1.54, 1.807) is 6.92 Å². The molecule has 0 saturated heterocycles. The zero-order chi connectivity index (χ0) is 15.0. The lowest BCUT2D eigenvalue weighted by molar-refractivity contribution is 0.103. The number of halogens is 1. The lowest BCUT2D eigenvalue weighted by atomic mass is 10.1. The number of carbonyl (C=O) groups is 1. The molecular formula is C13H10FN5OS. The average Bonchev–Trinajstić information content (AvgIpc) is 2.92. The maximum atomic E-state index is 12.9. The molecule has 0 N–H and O–H groups in total. The number of carbonyl (C=O) groups excluding carboxylic acids is 1. The van der Waals surface area contributed by atoms with E-state index in [4.69, 9.17) is 0 Å². The quantitative estimate of drug-likeness (QED) is 0.543. The van der Waals surface area contributed by atoms with Gasteiger partial charge in [0.15, 0.2) is 5.69 Å². The maximum absolute atomic E-state index is 12.9. The Morgan fingerprint density at radius 3 is 2.62 bits per heavy atom. The Morgan fingerprint density at radius 2 is 1.95 bits per heavy atom. The van der Waals surface area contributed by atoms with Crippen molar-refractivity contribution in [2.45, 2.75) is 12.1 Å². The number of hydrogen-bond acceptors (Lipinski definition) is 6. The molecule has 0 aliphatic carbocycles. The van der Waals surface area contributed by atoms with Crippen molar-refractivity contribution in [3.05, 3.63) is 47.0 Å². The highest BCUT2D eigenvalue weighted by Gasteiger charge is 2.18. The molecule has 0 saturated carbocycles. The van der Waals surface area contributed by atoms with E-state index in [0.717, 1.165) is 0 Å². The van der Waals surface area contributed by atoms with Gasteiger partial charge in [-0.1, -0.05) is 11.8 Å². The molecule has 0 atom stereocenters. The van der Waals surface area contributed by atoms with Crippen molar-refractivity contribution in [2.24, 2.45) is 0 Å². The maximum Gasteiger partial charge on any atom is 0.272 e. The van der Waals surface area contributed by atoms with Gasteiger partial charge in [-0.3, -0.25) is 4.79 Å². The molecule has 0 spiro atoms. The molecule has 0 aliphatic heterocycles. The monoisotopic (exact) mass is 303 g/mol. The summed E-state index contributed by atoms with van der Waals surface area (Å²) in [5, 5.41) is 12.6. The first kappa shape index (κ1) is 13.6. The van der Waals surface area contributed by atoms with Gasteiger partial charge in [0.1, 0.15) is 5.82 Å². The molecule has 106 valence electrons. The van der Waals surface area contributed by atoms with Crippen LogP contribution in [0.25, 0.3) is 5.78 Å². The molecule has 0 radical (unpaired) electrons. The van der Waals surface area contributed by atoms with Crippen LogP contribution in [0.15, 0.2) is 29.4 Å². The third-order valence-electron chi connectivity index (χ3n) is 2.97. The standard InChI is InChI=1S/C13H10FN5OS/c1-7-10(11(20)8-3-5-9(14)6-4-8)16-17-12-15-13(21-2)18-19(7)12/h3-6H,1-2H3. The van der Waals surface area contributed by atoms with Crippen LogP contribution < -0.4 is 0 Å². The Balaban J connectivity index is 2.09. The highest BCUT2D eigenvalue weighted by atomic mass is 32.2. The molecule has 2 heterocycles. The molecule has 0 fully saturated rings. The third-order valence-corrected chi connectivity index (χ3v) is 3.51. The fourth-order valence-corrected chi connectivity index (χ4v) is 2.21. The minimum Gasteiger partial charge on any atom is -0.287 e. The Hall–Kier alpha value is -2.35. The van der Waals surface area contributed by atoms with Crippen LogP contribution >= 0.6 is 11.8 Å². The number of fused-ring (bicyclic) bond motifs is 1. The highest BCUT2D eigenvalue weighted by Crippen LogP contribution is 2.15.